The Morgan fingerprint density at radius 2 is 1.79 bits per heavy atom. The van der Waals surface area contributed by atoms with Crippen LogP contribution >= 0.6 is 0 Å². The van der Waals surface area contributed by atoms with Gasteiger partial charge in [-0.3, -0.25) is 4.79 Å². The first-order valence-electron chi connectivity index (χ1n) is 7.64. The van der Waals surface area contributed by atoms with Crippen molar-refractivity contribution >= 4 is 21.4 Å². The van der Waals surface area contributed by atoms with Crippen LogP contribution < -0.4 is 11.1 Å². The van der Waals surface area contributed by atoms with Crippen molar-refractivity contribution in [3.8, 4) is 0 Å². The molecule has 0 heterocycles. The molecular weight excluding hydrogens is 324 g/mol. The van der Waals surface area contributed by atoms with Crippen molar-refractivity contribution in [3.05, 3.63) is 65.7 Å². The predicted octanol–water partition coefficient (Wildman–Crippen LogP) is 2.51. The Labute approximate surface area is 142 Å². The van der Waals surface area contributed by atoms with Crippen molar-refractivity contribution in [1.82, 2.24) is 0 Å². The molecule has 0 saturated heterocycles. The summed E-state index contributed by atoms with van der Waals surface area (Å²) in [6.45, 7) is 1.77. The number of carbonyl (C=O) groups excluding carboxylic acids is 1. The molecule has 2 aromatic rings. The molecule has 128 valence electrons. The Bertz CT molecular complexity index is 804. The molecule has 2 rings (SSSR count). The fourth-order valence-electron chi connectivity index (χ4n) is 2.42. The zero-order chi connectivity index (χ0) is 17.7. The second-order valence-corrected chi connectivity index (χ2v) is 8.13. The molecule has 2 aromatic carbocycles. The van der Waals surface area contributed by atoms with Gasteiger partial charge in [0.05, 0.1) is 11.7 Å². The molecule has 0 unspecified atom stereocenters. The van der Waals surface area contributed by atoms with Gasteiger partial charge in [0.2, 0.25) is 5.91 Å². The van der Waals surface area contributed by atoms with E-state index in [1.54, 1.807) is 31.2 Å². The Balaban J connectivity index is 2.07. The Morgan fingerprint density at radius 1 is 1.12 bits per heavy atom. The fourth-order valence-corrected chi connectivity index (χ4v) is 3.21. The van der Waals surface area contributed by atoms with Crippen LogP contribution in [0.1, 0.15) is 24.1 Å². The molecule has 24 heavy (non-hydrogen) atoms. The van der Waals surface area contributed by atoms with E-state index in [0.29, 0.717) is 11.3 Å². The minimum atomic E-state index is -3.12. The molecule has 0 fully saturated rings. The van der Waals surface area contributed by atoms with Crippen LogP contribution in [0.25, 0.3) is 0 Å². The molecule has 0 aliphatic carbocycles. The first-order valence-corrected chi connectivity index (χ1v) is 9.70. The monoisotopic (exact) mass is 346 g/mol. The summed E-state index contributed by atoms with van der Waals surface area (Å²) in [5, 5.41) is 2.80. The maximum absolute atomic E-state index is 12.4. The molecule has 5 nitrogen and oxygen atoms in total. The lowest BCUT2D eigenvalue weighted by Gasteiger charge is -2.20. The number of sulfone groups is 1. The van der Waals surface area contributed by atoms with E-state index in [-0.39, 0.29) is 11.7 Å². The van der Waals surface area contributed by atoms with Crippen LogP contribution in [0.15, 0.2) is 54.6 Å². The van der Waals surface area contributed by atoms with Gasteiger partial charge in [0, 0.05) is 18.0 Å². The van der Waals surface area contributed by atoms with E-state index < -0.39 is 21.8 Å². The highest BCUT2D eigenvalue weighted by atomic mass is 32.2. The van der Waals surface area contributed by atoms with Gasteiger partial charge >= 0.3 is 0 Å². The fraction of sp³-hybridized carbons (Fsp3) is 0.278. The molecule has 0 spiro atoms. The van der Waals surface area contributed by atoms with Crippen LogP contribution in [0.4, 0.5) is 5.69 Å². The largest absolute Gasteiger partial charge is 0.326 e. The molecule has 0 aromatic heterocycles. The predicted molar refractivity (Wildman–Crippen MR) is 96.2 cm³/mol. The van der Waals surface area contributed by atoms with E-state index in [0.717, 1.165) is 5.56 Å². The highest BCUT2D eigenvalue weighted by Crippen LogP contribution is 2.21. The number of rotatable bonds is 6. The minimum Gasteiger partial charge on any atom is -0.326 e. The van der Waals surface area contributed by atoms with Gasteiger partial charge in [-0.1, -0.05) is 49.4 Å². The van der Waals surface area contributed by atoms with Gasteiger partial charge in [0.1, 0.15) is 0 Å². The third kappa shape index (κ3) is 5.18. The number of benzene rings is 2. The summed E-state index contributed by atoms with van der Waals surface area (Å²) >= 11 is 0. The summed E-state index contributed by atoms with van der Waals surface area (Å²) in [6.07, 6.45) is 1.18. The van der Waals surface area contributed by atoms with E-state index in [9.17, 15) is 13.2 Å². The van der Waals surface area contributed by atoms with Crippen LogP contribution in [-0.2, 0) is 20.4 Å². The van der Waals surface area contributed by atoms with Gasteiger partial charge in [0.15, 0.2) is 9.84 Å². The first-order chi connectivity index (χ1) is 11.3. The van der Waals surface area contributed by atoms with Crippen molar-refractivity contribution in [2.45, 2.75) is 18.7 Å². The molecule has 6 heteroatoms. The smallest absolute Gasteiger partial charge is 0.229 e. The van der Waals surface area contributed by atoms with Gasteiger partial charge in [-0.2, -0.15) is 0 Å². The van der Waals surface area contributed by atoms with Crippen LogP contribution in [0.3, 0.4) is 0 Å². The van der Waals surface area contributed by atoms with Crippen molar-refractivity contribution in [2.75, 3.05) is 11.6 Å². The molecule has 0 bridgehead atoms. The Hall–Kier alpha value is -2.18. The number of hydrogen-bond donors (Lipinski definition) is 2. The van der Waals surface area contributed by atoms with Gasteiger partial charge in [-0.15, -0.1) is 0 Å². The normalized spacial score (nSPS) is 14.0. The van der Waals surface area contributed by atoms with Crippen molar-refractivity contribution in [3.63, 3.8) is 0 Å². The summed E-state index contributed by atoms with van der Waals surface area (Å²) in [4.78, 5) is 12.4. The lowest BCUT2D eigenvalue weighted by atomic mass is 9.94. The zero-order valence-electron chi connectivity index (χ0n) is 13.8. The number of hydrogen-bond acceptors (Lipinski definition) is 4. The summed E-state index contributed by atoms with van der Waals surface area (Å²) in [5.41, 5.74) is 8.26. The first kappa shape index (κ1) is 18.2. The molecular formula is C18H22N2O3S. The Kier molecular flexibility index (Phi) is 5.75. The summed E-state index contributed by atoms with van der Waals surface area (Å²) in [7, 11) is -3.12. The third-order valence-corrected chi connectivity index (χ3v) is 4.62. The van der Waals surface area contributed by atoms with E-state index in [4.69, 9.17) is 5.73 Å². The van der Waals surface area contributed by atoms with Gasteiger partial charge in [-0.05, 0) is 23.3 Å². The van der Waals surface area contributed by atoms with Crippen LogP contribution in [0, 0.1) is 5.92 Å². The quantitative estimate of drug-likeness (QED) is 0.841. The summed E-state index contributed by atoms with van der Waals surface area (Å²) in [6, 6.07) is 15.9. The van der Waals surface area contributed by atoms with Crippen molar-refractivity contribution < 1.29 is 13.2 Å². The highest BCUT2D eigenvalue weighted by molar-refractivity contribution is 7.89. The zero-order valence-corrected chi connectivity index (χ0v) is 14.6. The lowest BCUT2D eigenvalue weighted by molar-refractivity contribution is -0.120. The van der Waals surface area contributed by atoms with Crippen LogP contribution in [0.5, 0.6) is 0 Å². The standard InChI is InChI=1S/C18H22N2O3S/c1-13(17(19)15-8-4-3-5-9-15)18(21)20-16-10-6-7-14(11-16)12-24(2,22)23/h3-11,13,17H,12,19H2,1-2H3,(H,20,21)/t13-,17+/m0/s1. The number of carbonyl (C=O) groups is 1. The molecule has 0 radical (unpaired) electrons. The van der Waals surface area contributed by atoms with E-state index >= 15 is 0 Å². The highest BCUT2D eigenvalue weighted by Gasteiger charge is 2.22. The van der Waals surface area contributed by atoms with Crippen LogP contribution in [0.2, 0.25) is 0 Å². The summed E-state index contributed by atoms with van der Waals surface area (Å²) in [5.74, 6) is -0.690. The molecule has 0 aliphatic rings. The number of nitrogens with one attached hydrogen (secondary N) is 1. The third-order valence-electron chi connectivity index (χ3n) is 3.76. The van der Waals surface area contributed by atoms with Gasteiger partial charge in [0.25, 0.3) is 0 Å². The summed E-state index contributed by atoms with van der Waals surface area (Å²) < 4.78 is 22.8. The van der Waals surface area contributed by atoms with E-state index in [1.165, 1.54) is 6.26 Å². The second-order valence-electron chi connectivity index (χ2n) is 5.98. The van der Waals surface area contributed by atoms with Crippen molar-refractivity contribution in [1.29, 1.82) is 0 Å². The molecule has 3 N–H and O–H groups in total. The molecule has 2 atom stereocenters. The van der Waals surface area contributed by atoms with Crippen LogP contribution in [-0.4, -0.2) is 20.6 Å². The second kappa shape index (κ2) is 7.59. The van der Waals surface area contributed by atoms with Gasteiger partial charge in [-0.25, -0.2) is 8.42 Å². The minimum absolute atomic E-state index is 0.0597. The van der Waals surface area contributed by atoms with Gasteiger partial charge < -0.3 is 11.1 Å². The average Bonchev–Trinajstić information content (AvgIpc) is 2.53. The number of anilines is 1. The van der Waals surface area contributed by atoms with E-state index in [2.05, 4.69) is 5.32 Å². The number of amides is 1. The number of nitrogens with two attached hydrogens (primary N) is 1. The van der Waals surface area contributed by atoms with E-state index in [1.807, 2.05) is 30.3 Å². The maximum Gasteiger partial charge on any atom is 0.229 e. The maximum atomic E-state index is 12.4. The molecule has 0 aliphatic heterocycles. The molecule has 1 amide bonds. The SMILES string of the molecule is C[C@H](C(=O)Nc1cccc(CS(C)(=O)=O)c1)[C@@H](N)c1ccccc1. The average molecular weight is 346 g/mol. The Morgan fingerprint density at radius 3 is 2.42 bits per heavy atom. The topological polar surface area (TPSA) is 89.3 Å². The van der Waals surface area contributed by atoms with Crippen molar-refractivity contribution in [2.24, 2.45) is 11.7 Å². The lowest BCUT2D eigenvalue weighted by Crippen LogP contribution is -2.30. The molecule has 0 saturated carbocycles.